The number of hydrogen-bond donors (Lipinski definition) is 2. The molecule has 0 spiro atoms. The van der Waals surface area contributed by atoms with Crippen LogP contribution in [-0.2, 0) is 10.0 Å². The average molecular weight is 525 g/mol. The largest absolute Gasteiger partial charge is 0.489 e. The number of likely N-dealkylation sites (N-methyl/N-ethyl adjacent to an activating group) is 1. The molecule has 12 heteroatoms. The molecule has 3 aromatic rings. The number of nitrogens with zero attached hydrogens (tertiary/aromatic N) is 4. The zero-order chi connectivity index (χ0) is 23.6. The van der Waals surface area contributed by atoms with Gasteiger partial charge in [-0.25, -0.2) is 23.5 Å². The van der Waals surface area contributed by atoms with Crippen molar-refractivity contribution in [3.05, 3.63) is 41.9 Å². The summed E-state index contributed by atoms with van der Waals surface area (Å²) in [6, 6.07) is 8.53. The van der Waals surface area contributed by atoms with Crippen LogP contribution in [0.4, 0.5) is 16.6 Å². The number of ether oxygens (including phenoxy) is 1. The molecule has 0 amide bonds. The third-order valence-electron chi connectivity index (χ3n) is 5.26. The minimum atomic E-state index is -3.84. The maximum absolute atomic E-state index is 11.8. The molecule has 1 aromatic carbocycles. The molecule has 1 fully saturated rings. The van der Waals surface area contributed by atoms with Crippen molar-refractivity contribution in [3.8, 4) is 17.0 Å². The summed E-state index contributed by atoms with van der Waals surface area (Å²) in [5, 5.41) is 11.0. The lowest BCUT2D eigenvalue weighted by molar-refractivity contribution is 0.243. The van der Waals surface area contributed by atoms with Gasteiger partial charge in [0.15, 0.2) is 5.13 Å². The van der Waals surface area contributed by atoms with Crippen LogP contribution in [0, 0.1) is 0 Å². The fraction of sp³-hybridized carbons (Fsp3) is 0.364. The summed E-state index contributed by atoms with van der Waals surface area (Å²) in [6.45, 7) is 7.78. The molecule has 3 heterocycles. The Hall–Kier alpha value is -2.44. The van der Waals surface area contributed by atoms with E-state index in [-0.39, 0.29) is 23.4 Å². The number of piperazine rings is 1. The second-order valence-electron chi connectivity index (χ2n) is 8.23. The number of nitrogens with one attached hydrogen (secondary N) is 1. The van der Waals surface area contributed by atoms with Gasteiger partial charge in [-0.1, -0.05) is 0 Å². The zero-order valence-corrected chi connectivity index (χ0v) is 21.7. The molecule has 1 saturated heterocycles. The molecule has 184 valence electrons. The van der Waals surface area contributed by atoms with Crippen molar-refractivity contribution < 1.29 is 13.2 Å². The monoisotopic (exact) mass is 524 g/mol. The lowest BCUT2D eigenvalue weighted by Crippen LogP contribution is -2.44. The number of rotatable bonds is 7. The van der Waals surface area contributed by atoms with Crippen LogP contribution in [0.25, 0.3) is 11.3 Å². The Labute approximate surface area is 210 Å². The van der Waals surface area contributed by atoms with E-state index in [1.165, 1.54) is 23.5 Å². The SMILES string of the molecule is CC(C)Oc1ccc(S(N)(=O)=O)cc1Nc1nc(-c2ccc(N3CCN(C)CC3)nc2)cs1.Cl. The first-order chi connectivity index (χ1) is 15.7. The number of nitrogens with two attached hydrogens (primary N) is 1. The topological polar surface area (TPSA) is 114 Å². The van der Waals surface area contributed by atoms with E-state index in [1.54, 1.807) is 6.07 Å². The molecule has 1 aliphatic rings. The highest BCUT2D eigenvalue weighted by Gasteiger charge is 2.17. The third-order valence-corrected chi connectivity index (χ3v) is 6.93. The van der Waals surface area contributed by atoms with Crippen molar-refractivity contribution in [1.29, 1.82) is 0 Å². The Bertz CT molecular complexity index is 1210. The number of hydrogen-bond acceptors (Lipinski definition) is 9. The Morgan fingerprint density at radius 3 is 2.50 bits per heavy atom. The van der Waals surface area contributed by atoms with Crippen molar-refractivity contribution in [2.24, 2.45) is 5.14 Å². The summed E-state index contributed by atoms with van der Waals surface area (Å²) in [4.78, 5) is 13.9. The molecule has 4 rings (SSSR count). The highest BCUT2D eigenvalue weighted by Crippen LogP contribution is 2.33. The van der Waals surface area contributed by atoms with Crippen LogP contribution >= 0.6 is 23.7 Å². The fourth-order valence-electron chi connectivity index (χ4n) is 3.48. The van der Waals surface area contributed by atoms with E-state index in [0.717, 1.165) is 43.3 Å². The number of pyridine rings is 1. The van der Waals surface area contributed by atoms with Crippen molar-refractivity contribution in [2.75, 3.05) is 43.4 Å². The van der Waals surface area contributed by atoms with E-state index in [2.05, 4.69) is 32.1 Å². The van der Waals surface area contributed by atoms with Crippen molar-refractivity contribution in [3.63, 3.8) is 0 Å². The highest BCUT2D eigenvalue weighted by molar-refractivity contribution is 7.89. The molecule has 0 saturated carbocycles. The van der Waals surface area contributed by atoms with Gasteiger partial charge >= 0.3 is 0 Å². The van der Waals surface area contributed by atoms with Crippen molar-refractivity contribution in [2.45, 2.75) is 24.8 Å². The number of benzene rings is 1. The highest BCUT2D eigenvalue weighted by atomic mass is 35.5. The first-order valence-corrected chi connectivity index (χ1v) is 13.1. The van der Waals surface area contributed by atoms with Gasteiger partial charge in [0.25, 0.3) is 0 Å². The van der Waals surface area contributed by atoms with Crippen LogP contribution in [0.1, 0.15) is 13.8 Å². The number of anilines is 3. The first kappa shape index (κ1) is 26.2. The summed E-state index contributed by atoms with van der Waals surface area (Å²) < 4.78 is 29.4. The summed E-state index contributed by atoms with van der Waals surface area (Å²) >= 11 is 1.41. The number of sulfonamides is 1. The van der Waals surface area contributed by atoms with Gasteiger partial charge in [0.2, 0.25) is 10.0 Å². The maximum Gasteiger partial charge on any atom is 0.238 e. The third kappa shape index (κ3) is 6.36. The van der Waals surface area contributed by atoms with Crippen LogP contribution < -0.4 is 20.1 Å². The second kappa shape index (κ2) is 10.9. The van der Waals surface area contributed by atoms with Gasteiger partial charge < -0.3 is 19.9 Å². The first-order valence-electron chi connectivity index (χ1n) is 10.6. The average Bonchev–Trinajstić information content (AvgIpc) is 3.23. The van der Waals surface area contributed by atoms with E-state index in [4.69, 9.17) is 9.88 Å². The minimum absolute atomic E-state index is 0. The van der Waals surface area contributed by atoms with E-state index >= 15 is 0 Å². The van der Waals surface area contributed by atoms with E-state index in [9.17, 15) is 8.42 Å². The maximum atomic E-state index is 11.8. The Morgan fingerprint density at radius 1 is 1.15 bits per heavy atom. The van der Waals surface area contributed by atoms with Gasteiger partial charge in [-0.15, -0.1) is 23.7 Å². The second-order valence-corrected chi connectivity index (χ2v) is 10.6. The molecule has 3 N–H and O–H groups in total. The van der Waals surface area contributed by atoms with Crippen molar-refractivity contribution >= 4 is 50.4 Å². The minimum Gasteiger partial charge on any atom is -0.489 e. The molecule has 0 atom stereocenters. The standard InChI is InChI=1S/C22H28N6O3S2.ClH/c1-15(2)31-20-6-5-17(33(23,29)30)12-18(20)25-22-26-19(14-32-22)16-4-7-21(24-13-16)28-10-8-27(3)9-11-28;/h4-7,12-15H,8-11H2,1-3H3,(H,25,26)(H2,23,29,30);1H. The van der Waals surface area contributed by atoms with Crippen molar-refractivity contribution in [1.82, 2.24) is 14.9 Å². The molecular formula is C22H29ClN6O3S2. The van der Waals surface area contributed by atoms with E-state index < -0.39 is 10.0 Å². The van der Waals surface area contributed by atoms with Crippen LogP contribution in [0.15, 0.2) is 46.8 Å². The normalized spacial score (nSPS) is 14.7. The van der Waals surface area contributed by atoms with E-state index in [1.807, 2.05) is 37.6 Å². The van der Waals surface area contributed by atoms with Crippen LogP contribution in [-0.4, -0.2) is 62.6 Å². The Balaban J connectivity index is 0.00000324. The number of halogens is 1. The molecule has 34 heavy (non-hydrogen) atoms. The summed E-state index contributed by atoms with van der Waals surface area (Å²) in [5.41, 5.74) is 2.18. The van der Waals surface area contributed by atoms with Gasteiger partial charge in [-0.05, 0) is 51.2 Å². The van der Waals surface area contributed by atoms with Crippen LogP contribution in [0.2, 0.25) is 0 Å². The quantitative estimate of drug-likeness (QED) is 0.482. The molecule has 1 aliphatic heterocycles. The number of primary sulfonamides is 1. The predicted octanol–water partition coefficient (Wildman–Crippen LogP) is 3.56. The molecule has 2 aromatic heterocycles. The van der Waals surface area contributed by atoms with E-state index in [0.29, 0.717) is 16.6 Å². The van der Waals surface area contributed by atoms with Crippen LogP contribution in [0.3, 0.4) is 0 Å². The van der Waals surface area contributed by atoms with Crippen LogP contribution in [0.5, 0.6) is 5.75 Å². The summed E-state index contributed by atoms with van der Waals surface area (Å²) in [6.07, 6.45) is 1.75. The lowest BCUT2D eigenvalue weighted by Gasteiger charge is -2.33. The zero-order valence-electron chi connectivity index (χ0n) is 19.3. The number of thiazole rings is 1. The van der Waals surface area contributed by atoms with Gasteiger partial charge in [0.1, 0.15) is 11.6 Å². The fourth-order valence-corrected chi connectivity index (χ4v) is 4.75. The van der Waals surface area contributed by atoms with Gasteiger partial charge in [-0.2, -0.15) is 0 Å². The molecule has 9 nitrogen and oxygen atoms in total. The summed E-state index contributed by atoms with van der Waals surface area (Å²) in [7, 11) is -1.71. The predicted molar refractivity (Wildman–Crippen MR) is 139 cm³/mol. The lowest BCUT2D eigenvalue weighted by atomic mass is 10.2. The summed E-state index contributed by atoms with van der Waals surface area (Å²) in [5.74, 6) is 1.49. The smallest absolute Gasteiger partial charge is 0.238 e. The Morgan fingerprint density at radius 2 is 1.88 bits per heavy atom. The van der Waals surface area contributed by atoms with Gasteiger partial charge in [0.05, 0.1) is 22.4 Å². The molecule has 0 unspecified atom stereocenters. The Kier molecular flexibility index (Phi) is 8.37. The molecular weight excluding hydrogens is 496 g/mol. The van der Waals surface area contributed by atoms with Gasteiger partial charge in [-0.3, -0.25) is 0 Å². The molecule has 0 radical (unpaired) electrons. The van der Waals surface area contributed by atoms with Gasteiger partial charge in [0, 0.05) is 43.3 Å². The molecule has 0 aliphatic carbocycles. The number of aromatic nitrogens is 2. The molecule has 0 bridgehead atoms.